The van der Waals surface area contributed by atoms with E-state index in [-0.39, 0.29) is 11.9 Å². The summed E-state index contributed by atoms with van der Waals surface area (Å²) in [6.07, 6.45) is 2.33. The quantitative estimate of drug-likeness (QED) is 0.886. The van der Waals surface area contributed by atoms with Crippen molar-refractivity contribution in [3.05, 3.63) is 65.5 Å². The summed E-state index contributed by atoms with van der Waals surface area (Å²) in [4.78, 5) is 2.14. The first-order valence-corrected chi connectivity index (χ1v) is 8.06. The molecule has 0 unspecified atom stereocenters. The fraction of sp³-hybridized carbons (Fsp3) is 0.368. The van der Waals surface area contributed by atoms with E-state index in [0.717, 1.165) is 43.7 Å². The van der Waals surface area contributed by atoms with Gasteiger partial charge in [0.25, 0.3) is 0 Å². The molecule has 1 atom stereocenters. The van der Waals surface area contributed by atoms with Crippen molar-refractivity contribution in [1.82, 2.24) is 5.32 Å². The van der Waals surface area contributed by atoms with Gasteiger partial charge in [0.05, 0.1) is 5.69 Å². The molecule has 2 nitrogen and oxygen atoms in total. The van der Waals surface area contributed by atoms with Gasteiger partial charge in [-0.3, -0.25) is 0 Å². The summed E-state index contributed by atoms with van der Waals surface area (Å²) in [7, 11) is 0. The van der Waals surface area contributed by atoms with Crippen LogP contribution in [0.4, 0.5) is 10.1 Å². The molecule has 1 aliphatic rings. The molecule has 1 N–H and O–H groups in total. The first-order valence-electron chi connectivity index (χ1n) is 8.06. The van der Waals surface area contributed by atoms with Crippen molar-refractivity contribution in [2.75, 3.05) is 18.0 Å². The molecule has 3 rings (SSSR count). The number of benzene rings is 2. The Hall–Kier alpha value is -1.87. The van der Waals surface area contributed by atoms with Gasteiger partial charge in [-0.25, -0.2) is 4.39 Å². The van der Waals surface area contributed by atoms with Crippen LogP contribution in [0.25, 0.3) is 0 Å². The topological polar surface area (TPSA) is 15.3 Å². The predicted molar refractivity (Wildman–Crippen MR) is 89.5 cm³/mol. The molecule has 1 aliphatic heterocycles. The fourth-order valence-corrected chi connectivity index (χ4v) is 2.99. The summed E-state index contributed by atoms with van der Waals surface area (Å²) >= 11 is 0. The fourth-order valence-electron chi connectivity index (χ4n) is 2.99. The zero-order valence-electron chi connectivity index (χ0n) is 13.1. The van der Waals surface area contributed by atoms with Crippen LogP contribution in [0.1, 0.15) is 36.9 Å². The van der Waals surface area contributed by atoms with E-state index < -0.39 is 0 Å². The second kappa shape index (κ2) is 6.93. The molecule has 2 aromatic rings. The highest BCUT2D eigenvalue weighted by Crippen LogP contribution is 2.26. The molecule has 0 saturated carbocycles. The molecule has 1 saturated heterocycles. The van der Waals surface area contributed by atoms with Gasteiger partial charge in [0.15, 0.2) is 0 Å². The number of hydrogen-bond acceptors (Lipinski definition) is 2. The third-order valence-corrected chi connectivity index (χ3v) is 4.37. The lowest BCUT2D eigenvalue weighted by Gasteiger charge is -2.20. The smallest absolute Gasteiger partial charge is 0.146 e. The molecule has 116 valence electrons. The summed E-state index contributed by atoms with van der Waals surface area (Å²) in [5.41, 5.74) is 2.98. The summed E-state index contributed by atoms with van der Waals surface area (Å²) in [5.74, 6) is -0.104. The SMILES string of the molecule is C[C@H](NCc1ccccc1)c1ccc(N2CCCC2)c(F)c1. The van der Waals surface area contributed by atoms with Crippen LogP contribution in [0.2, 0.25) is 0 Å². The number of halogens is 1. The normalized spacial score (nSPS) is 16.0. The number of rotatable bonds is 5. The molecule has 2 aromatic carbocycles. The molecule has 0 amide bonds. The Morgan fingerprint density at radius 3 is 2.50 bits per heavy atom. The molecule has 0 spiro atoms. The highest BCUT2D eigenvalue weighted by atomic mass is 19.1. The van der Waals surface area contributed by atoms with Crippen molar-refractivity contribution in [2.45, 2.75) is 32.4 Å². The van der Waals surface area contributed by atoms with Crippen molar-refractivity contribution in [3.63, 3.8) is 0 Å². The van der Waals surface area contributed by atoms with Crippen LogP contribution in [-0.4, -0.2) is 13.1 Å². The van der Waals surface area contributed by atoms with Crippen molar-refractivity contribution in [3.8, 4) is 0 Å². The maximum Gasteiger partial charge on any atom is 0.146 e. The minimum Gasteiger partial charge on any atom is -0.369 e. The lowest BCUT2D eigenvalue weighted by molar-refractivity contribution is 0.564. The van der Waals surface area contributed by atoms with Crippen LogP contribution in [-0.2, 0) is 6.54 Å². The second-order valence-electron chi connectivity index (χ2n) is 5.99. The Labute approximate surface area is 132 Å². The first-order chi connectivity index (χ1) is 10.7. The van der Waals surface area contributed by atoms with Gasteiger partial charge >= 0.3 is 0 Å². The van der Waals surface area contributed by atoms with Crippen molar-refractivity contribution in [1.29, 1.82) is 0 Å². The highest BCUT2D eigenvalue weighted by Gasteiger charge is 2.17. The Morgan fingerprint density at radius 1 is 1.09 bits per heavy atom. The van der Waals surface area contributed by atoms with Crippen LogP contribution in [0.5, 0.6) is 0 Å². The molecule has 22 heavy (non-hydrogen) atoms. The lowest BCUT2D eigenvalue weighted by Crippen LogP contribution is -2.21. The van der Waals surface area contributed by atoms with E-state index in [9.17, 15) is 4.39 Å². The zero-order chi connectivity index (χ0) is 15.4. The lowest BCUT2D eigenvalue weighted by atomic mass is 10.1. The molecule has 0 aliphatic carbocycles. The van der Waals surface area contributed by atoms with Gasteiger partial charge in [-0.05, 0) is 43.0 Å². The Bertz CT molecular complexity index is 606. The van der Waals surface area contributed by atoms with Gasteiger partial charge < -0.3 is 10.2 Å². The van der Waals surface area contributed by atoms with Crippen molar-refractivity contribution in [2.24, 2.45) is 0 Å². The maximum absolute atomic E-state index is 14.4. The molecular weight excluding hydrogens is 275 g/mol. The second-order valence-corrected chi connectivity index (χ2v) is 5.99. The highest BCUT2D eigenvalue weighted by molar-refractivity contribution is 5.50. The minimum atomic E-state index is -0.104. The minimum absolute atomic E-state index is 0.104. The zero-order valence-corrected chi connectivity index (χ0v) is 13.1. The average Bonchev–Trinajstić information content (AvgIpc) is 3.07. The summed E-state index contributed by atoms with van der Waals surface area (Å²) in [6, 6.07) is 16.0. The van der Waals surface area contributed by atoms with Crippen molar-refractivity contribution < 1.29 is 4.39 Å². The van der Waals surface area contributed by atoms with Gasteiger partial charge in [0.1, 0.15) is 5.82 Å². The molecule has 0 radical (unpaired) electrons. The van der Waals surface area contributed by atoms with Crippen LogP contribution < -0.4 is 10.2 Å². The van der Waals surface area contributed by atoms with E-state index in [1.165, 1.54) is 5.56 Å². The molecule has 1 fully saturated rings. The van der Waals surface area contributed by atoms with Crippen molar-refractivity contribution >= 4 is 5.69 Å². The van der Waals surface area contributed by atoms with Gasteiger partial charge in [-0.2, -0.15) is 0 Å². The molecule has 1 heterocycles. The van der Waals surface area contributed by atoms with Crippen LogP contribution in [0, 0.1) is 5.82 Å². The van der Waals surface area contributed by atoms with Crippen LogP contribution in [0.3, 0.4) is 0 Å². The van der Waals surface area contributed by atoms with Gasteiger partial charge in [0.2, 0.25) is 0 Å². The Morgan fingerprint density at radius 2 is 1.82 bits per heavy atom. The standard InChI is InChI=1S/C19H23FN2/c1-15(21-14-16-7-3-2-4-8-16)17-9-10-19(18(20)13-17)22-11-5-6-12-22/h2-4,7-10,13,15,21H,5-6,11-12,14H2,1H3/t15-/m0/s1. The third kappa shape index (κ3) is 3.47. The van der Waals surface area contributed by atoms with E-state index >= 15 is 0 Å². The summed E-state index contributed by atoms with van der Waals surface area (Å²) in [5, 5.41) is 3.45. The van der Waals surface area contributed by atoms with E-state index in [1.807, 2.05) is 30.3 Å². The number of nitrogens with zero attached hydrogens (tertiary/aromatic N) is 1. The summed E-state index contributed by atoms with van der Waals surface area (Å²) in [6.45, 7) is 4.81. The predicted octanol–water partition coefficient (Wildman–Crippen LogP) is 4.28. The van der Waals surface area contributed by atoms with E-state index in [0.29, 0.717) is 0 Å². The molecule has 0 aromatic heterocycles. The molecule has 0 bridgehead atoms. The van der Waals surface area contributed by atoms with E-state index in [2.05, 4.69) is 29.3 Å². The average molecular weight is 298 g/mol. The number of hydrogen-bond donors (Lipinski definition) is 1. The first kappa shape index (κ1) is 15.0. The molecule has 3 heteroatoms. The monoisotopic (exact) mass is 298 g/mol. The van der Waals surface area contributed by atoms with Gasteiger partial charge in [-0.15, -0.1) is 0 Å². The third-order valence-electron chi connectivity index (χ3n) is 4.37. The number of nitrogens with one attached hydrogen (secondary N) is 1. The summed E-state index contributed by atoms with van der Waals surface area (Å²) < 4.78 is 14.4. The largest absolute Gasteiger partial charge is 0.369 e. The molecular formula is C19H23FN2. The Kier molecular flexibility index (Phi) is 4.74. The van der Waals surface area contributed by atoms with Crippen LogP contribution >= 0.6 is 0 Å². The Balaban J connectivity index is 1.65. The number of anilines is 1. The van der Waals surface area contributed by atoms with Crippen LogP contribution in [0.15, 0.2) is 48.5 Å². The van der Waals surface area contributed by atoms with Gasteiger partial charge in [-0.1, -0.05) is 36.4 Å². The van der Waals surface area contributed by atoms with E-state index in [1.54, 1.807) is 6.07 Å². The van der Waals surface area contributed by atoms with Gasteiger partial charge in [0, 0.05) is 25.7 Å². The maximum atomic E-state index is 14.4. The van der Waals surface area contributed by atoms with E-state index in [4.69, 9.17) is 0 Å².